The highest BCUT2D eigenvalue weighted by molar-refractivity contribution is 5.85. The number of carbonyl (C=O) groups excluding carboxylic acids is 1. The van der Waals surface area contributed by atoms with Crippen LogP contribution in [-0.2, 0) is 10.2 Å². The van der Waals surface area contributed by atoms with Crippen molar-refractivity contribution in [2.24, 2.45) is 0 Å². The van der Waals surface area contributed by atoms with Gasteiger partial charge in [0.05, 0.1) is 6.61 Å². The number of nitrogens with zero attached hydrogens (tertiary/aromatic N) is 2. The summed E-state index contributed by atoms with van der Waals surface area (Å²) in [5, 5.41) is 10.4. The predicted octanol–water partition coefficient (Wildman–Crippen LogP) is 3.23. The SMILES string of the molecule is CCOC(=O)N1CCN(CC(O)COc2ccc(C)cc2C(C)(C)C)CC1.Cl. The first-order valence-electron chi connectivity index (χ1n) is 9.76. The molecule has 1 aromatic rings. The minimum Gasteiger partial charge on any atom is -0.491 e. The van der Waals surface area contributed by atoms with E-state index in [0.29, 0.717) is 26.2 Å². The maximum absolute atomic E-state index is 11.7. The number of aliphatic hydroxyl groups is 1. The first-order valence-corrected chi connectivity index (χ1v) is 9.76. The maximum atomic E-state index is 11.7. The van der Waals surface area contributed by atoms with Crippen molar-refractivity contribution in [3.05, 3.63) is 29.3 Å². The third-order valence-electron chi connectivity index (χ3n) is 4.74. The van der Waals surface area contributed by atoms with E-state index in [1.54, 1.807) is 4.90 Å². The number of amides is 1. The molecule has 160 valence electrons. The summed E-state index contributed by atoms with van der Waals surface area (Å²) >= 11 is 0. The maximum Gasteiger partial charge on any atom is 0.409 e. The first kappa shape index (κ1) is 24.5. The van der Waals surface area contributed by atoms with Crippen LogP contribution in [0.5, 0.6) is 5.75 Å². The number of aliphatic hydroxyl groups excluding tert-OH is 1. The van der Waals surface area contributed by atoms with Crippen molar-refractivity contribution in [1.29, 1.82) is 0 Å². The smallest absolute Gasteiger partial charge is 0.409 e. The Morgan fingerprint density at radius 1 is 1.21 bits per heavy atom. The number of hydrogen-bond donors (Lipinski definition) is 1. The van der Waals surface area contributed by atoms with E-state index in [1.807, 2.05) is 19.1 Å². The lowest BCUT2D eigenvalue weighted by molar-refractivity contribution is 0.0404. The third kappa shape index (κ3) is 7.15. The zero-order chi connectivity index (χ0) is 20.0. The highest BCUT2D eigenvalue weighted by Crippen LogP contribution is 2.32. The molecule has 1 heterocycles. The van der Waals surface area contributed by atoms with Gasteiger partial charge in [0, 0.05) is 32.7 Å². The Labute approximate surface area is 175 Å². The minimum absolute atomic E-state index is 0. The number of piperazine rings is 1. The molecule has 1 amide bonds. The van der Waals surface area contributed by atoms with Crippen molar-refractivity contribution in [2.75, 3.05) is 45.9 Å². The summed E-state index contributed by atoms with van der Waals surface area (Å²) in [6.07, 6.45) is -0.830. The van der Waals surface area contributed by atoms with Crippen LogP contribution in [0.2, 0.25) is 0 Å². The molecule has 1 aliphatic rings. The number of carbonyl (C=O) groups is 1. The summed E-state index contributed by atoms with van der Waals surface area (Å²) in [6, 6.07) is 6.17. The monoisotopic (exact) mass is 414 g/mol. The van der Waals surface area contributed by atoms with Crippen LogP contribution in [0.1, 0.15) is 38.8 Å². The van der Waals surface area contributed by atoms with Gasteiger partial charge in [0.1, 0.15) is 18.5 Å². The summed E-state index contributed by atoms with van der Waals surface area (Å²) in [4.78, 5) is 15.6. The molecule has 1 N–H and O–H groups in total. The Kier molecular flexibility index (Phi) is 9.54. The molecule has 0 bridgehead atoms. The van der Waals surface area contributed by atoms with Gasteiger partial charge < -0.3 is 19.5 Å². The predicted molar refractivity (Wildman–Crippen MR) is 114 cm³/mol. The zero-order valence-corrected chi connectivity index (χ0v) is 18.6. The molecule has 0 saturated carbocycles. The number of hydrogen-bond acceptors (Lipinski definition) is 5. The van der Waals surface area contributed by atoms with Gasteiger partial charge in [0.2, 0.25) is 0 Å². The van der Waals surface area contributed by atoms with Crippen molar-refractivity contribution in [3.63, 3.8) is 0 Å². The van der Waals surface area contributed by atoms with Crippen LogP contribution in [-0.4, -0.2) is 73.0 Å². The van der Waals surface area contributed by atoms with Crippen LogP contribution in [0.15, 0.2) is 18.2 Å². The molecule has 1 atom stereocenters. The molecule has 0 aromatic heterocycles. The summed E-state index contributed by atoms with van der Waals surface area (Å²) in [7, 11) is 0. The lowest BCUT2D eigenvalue weighted by Gasteiger charge is -2.35. The molecule has 0 aliphatic carbocycles. The minimum atomic E-state index is -0.576. The number of aryl methyl sites for hydroxylation is 1. The summed E-state index contributed by atoms with van der Waals surface area (Å²) in [5.41, 5.74) is 2.33. The van der Waals surface area contributed by atoms with Crippen molar-refractivity contribution in [2.45, 2.75) is 46.1 Å². The van der Waals surface area contributed by atoms with Crippen LogP contribution >= 0.6 is 12.4 Å². The second-order valence-electron chi connectivity index (χ2n) is 8.20. The molecule has 7 heteroatoms. The third-order valence-corrected chi connectivity index (χ3v) is 4.74. The number of halogens is 1. The quantitative estimate of drug-likeness (QED) is 0.774. The molecule has 1 aliphatic heterocycles. The van der Waals surface area contributed by atoms with Crippen LogP contribution < -0.4 is 4.74 Å². The van der Waals surface area contributed by atoms with Gasteiger partial charge in [-0.15, -0.1) is 12.4 Å². The summed E-state index contributed by atoms with van der Waals surface area (Å²) < 4.78 is 11.0. The topological polar surface area (TPSA) is 62.2 Å². The van der Waals surface area contributed by atoms with E-state index in [4.69, 9.17) is 9.47 Å². The molecule has 28 heavy (non-hydrogen) atoms. The fraction of sp³-hybridized carbons (Fsp3) is 0.667. The normalized spacial score (nSPS) is 16.3. The average molecular weight is 415 g/mol. The second-order valence-corrected chi connectivity index (χ2v) is 8.20. The van der Waals surface area contributed by atoms with Crippen molar-refractivity contribution < 1.29 is 19.4 Å². The van der Waals surface area contributed by atoms with Crippen LogP contribution in [0.3, 0.4) is 0 Å². The van der Waals surface area contributed by atoms with Gasteiger partial charge in [0.25, 0.3) is 0 Å². The molecule has 1 saturated heterocycles. The zero-order valence-electron chi connectivity index (χ0n) is 17.7. The Balaban J connectivity index is 0.00000392. The number of β-amino-alcohol motifs (C(OH)–C–C–N with tert-alkyl or cyclic N) is 1. The summed E-state index contributed by atoms with van der Waals surface area (Å²) in [5.74, 6) is 0.833. The lowest BCUT2D eigenvalue weighted by atomic mass is 9.85. The van der Waals surface area contributed by atoms with Crippen LogP contribution in [0.4, 0.5) is 4.79 Å². The van der Waals surface area contributed by atoms with Gasteiger partial charge in [0.15, 0.2) is 0 Å². The van der Waals surface area contributed by atoms with E-state index in [-0.39, 0.29) is 30.5 Å². The number of benzene rings is 1. The van der Waals surface area contributed by atoms with Crippen molar-refractivity contribution in [3.8, 4) is 5.75 Å². The van der Waals surface area contributed by atoms with Crippen LogP contribution in [0.25, 0.3) is 0 Å². The van der Waals surface area contributed by atoms with Crippen molar-refractivity contribution >= 4 is 18.5 Å². The molecular formula is C21H35ClN2O4. The molecule has 2 rings (SSSR count). The van der Waals surface area contributed by atoms with E-state index in [2.05, 4.69) is 38.7 Å². The fourth-order valence-corrected chi connectivity index (χ4v) is 3.22. The van der Waals surface area contributed by atoms with Gasteiger partial charge in [-0.25, -0.2) is 4.79 Å². The molecule has 0 spiro atoms. The average Bonchev–Trinajstić information content (AvgIpc) is 2.60. The van der Waals surface area contributed by atoms with E-state index in [0.717, 1.165) is 24.4 Å². The molecular weight excluding hydrogens is 380 g/mol. The molecule has 1 aromatic carbocycles. The van der Waals surface area contributed by atoms with Crippen molar-refractivity contribution in [1.82, 2.24) is 9.80 Å². The highest BCUT2D eigenvalue weighted by atomic mass is 35.5. The fourth-order valence-electron chi connectivity index (χ4n) is 3.22. The molecule has 6 nitrogen and oxygen atoms in total. The second kappa shape index (κ2) is 10.9. The van der Waals surface area contributed by atoms with Gasteiger partial charge >= 0.3 is 6.09 Å². The largest absolute Gasteiger partial charge is 0.491 e. The number of rotatable bonds is 6. The summed E-state index contributed by atoms with van der Waals surface area (Å²) in [6.45, 7) is 14.3. The van der Waals surface area contributed by atoms with Gasteiger partial charge in [-0.3, -0.25) is 4.90 Å². The highest BCUT2D eigenvalue weighted by Gasteiger charge is 2.24. The van der Waals surface area contributed by atoms with E-state index < -0.39 is 6.10 Å². The molecule has 1 fully saturated rings. The Hall–Kier alpha value is -1.50. The van der Waals surface area contributed by atoms with E-state index in [1.165, 1.54) is 5.56 Å². The molecule has 1 unspecified atom stereocenters. The number of ether oxygens (including phenoxy) is 2. The van der Waals surface area contributed by atoms with Gasteiger partial charge in [-0.2, -0.15) is 0 Å². The standard InChI is InChI=1S/C21H34N2O4.ClH/c1-6-26-20(25)23-11-9-22(10-12-23)14-17(24)15-27-19-8-7-16(2)13-18(19)21(3,4)5;/h7-8,13,17,24H,6,9-12,14-15H2,1-5H3;1H. The Bertz CT molecular complexity index is 625. The van der Waals surface area contributed by atoms with Gasteiger partial charge in [-0.1, -0.05) is 38.5 Å². The van der Waals surface area contributed by atoms with E-state index in [9.17, 15) is 9.90 Å². The van der Waals surface area contributed by atoms with Crippen LogP contribution in [0, 0.1) is 6.92 Å². The first-order chi connectivity index (χ1) is 12.7. The lowest BCUT2D eigenvalue weighted by Crippen LogP contribution is -2.51. The van der Waals surface area contributed by atoms with E-state index >= 15 is 0 Å². The molecule has 0 radical (unpaired) electrons. The van der Waals surface area contributed by atoms with Gasteiger partial charge in [-0.05, 0) is 30.9 Å². The Morgan fingerprint density at radius 3 is 2.43 bits per heavy atom. The Morgan fingerprint density at radius 2 is 1.86 bits per heavy atom.